The molecule has 1 aliphatic rings. The number of likely N-dealkylation sites (N-methyl/N-ethyl adjacent to an activating group) is 1. The number of ether oxygens (including phenoxy) is 1. The lowest BCUT2D eigenvalue weighted by Gasteiger charge is -2.31. The van der Waals surface area contributed by atoms with Gasteiger partial charge in [0.15, 0.2) is 0 Å². The predicted molar refractivity (Wildman–Crippen MR) is 317 cm³/mol. The van der Waals surface area contributed by atoms with E-state index < -0.39 is 193 Å². The zero-order valence-corrected chi connectivity index (χ0v) is 51.9. The molecule has 0 radical (unpaired) electrons. The van der Waals surface area contributed by atoms with E-state index in [1.165, 1.54) is 25.6 Å². The normalized spacial score (nSPS) is 21.5. The predicted octanol–water partition coefficient (Wildman–Crippen LogP) is -2.18. The van der Waals surface area contributed by atoms with Crippen molar-refractivity contribution in [3.63, 3.8) is 0 Å². The first kappa shape index (κ1) is 74.2. The van der Waals surface area contributed by atoms with Gasteiger partial charge >= 0.3 is 5.97 Å². The Kier molecular flexibility index (Phi) is 32.7. The molecule has 2 rings (SSSR count). The van der Waals surface area contributed by atoms with Gasteiger partial charge in [-0.1, -0.05) is 111 Å². The van der Waals surface area contributed by atoms with Crippen LogP contribution in [0.15, 0.2) is 30.3 Å². The summed E-state index contributed by atoms with van der Waals surface area (Å²) in [6.07, 6.45) is 1.38. The van der Waals surface area contributed by atoms with Crippen molar-refractivity contribution in [1.29, 1.82) is 0 Å². The summed E-state index contributed by atoms with van der Waals surface area (Å²) in [7, 11) is 1.60. The summed E-state index contributed by atoms with van der Waals surface area (Å²) in [4.78, 5) is 165. The minimum Gasteiger partial charge on any atom is -0.458 e. The molecule has 1 aliphatic heterocycles. The van der Waals surface area contributed by atoms with Crippen molar-refractivity contribution >= 4 is 82.7 Å². The van der Waals surface area contributed by atoms with Crippen LogP contribution in [0, 0.1) is 23.7 Å². The quantitative estimate of drug-likeness (QED) is 0.0333. The van der Waals surface area contributed by atoms with Gasteiger partial charge in [-0.05, 0) is 81.4 Å². The van der Waals surface area contributed by atoms with Crippen LogP contribution >= 0.6 is 11.8 Å². The van der Waals surface area contributed by atoms with E-state index in [1.54, 1.807) is 62.4 Å². The van der Waals surface area contributed by atoms with E-state index in [-0.39, 0.29) is 19.3 Å². The molecule has 0 saturated carbocycles. The number of aliphatic hydroxyl groups is 2. The minimum atomic E-state index is -1.80. The molecular weight excluding hydrogens is 1120 g/mol. The maximum absolute atomic E-state index is 14.4. The Morgan fingerprint density at radius 2 is 1.08 bits per heavy atom. The first-order chi connectivity index (χ1) is 40.2. The number of nitrogens with one attached hydrogen (secondary N) is 11. The number of benzene rings is 1. The molecule has 0 spiro atoms. The van der Waals surface area contributed by atoms with Gasteiger partial charge < -0.3 is 79.2 Å². The van der Waals surface area contributed by atoms with Crippen molar-refractivity contribution in [3.8, 4) is 0 Å². The minimum absolute atomic E-state index is 0.195. The van der Waals surface area contributed by atoms with E-state index in [4.69, 9.17) is 10.5 Å². The van der Waals surface area contributed by atoms with Crippen LogP contribution < -0.4 is 64.2 Å². The molecule has 0 unspecified atom stereocenters. The van der Waals surface area contributed by atoms with E-state index in [1.807, 2.05) is 36.6 Å². The van der Waals surface area contributed by atoms with Crippen LogP contribution in [0.25, 0.3) is 0 Å². The fraction of sp³-hybridized carbons (Fsp3) is 0.684. The topological polar surface area (TPSA) is 413 Å². The fourth-order valence-corrected chi connectivity index (χ4v) is 9.31. The Hall–Kier alpha value is -6.91. The van der Waals surface area contributed by atoms with Crippen LogP contribution in [0.4, 0.5) is 0 Å². The lowest BCUT2D eigenvalue weighted by Crippen LogP contribution is -2.63. The zero-order valence-electron chi connectivity index (χ0n) is 51.1. The lowest BCUT2D eigenvalue weighted by atomic mass is 9.94. The molecule has 0 aromatic heterocycles. The molecule has 478 valence electrons. The first-order valence-corrected chi connectivity index (χ1v) is 30.5. The van der Waals surface area contributed by atoms with Gasteiger partial charge in [-0.25, -0.2) is 4.79 Å². The largest absolute Gasteiger partial charge is 0.458 e. The molecule has 11 amide bonds. The second-order valence-electron chi connectivity index (χ2n) is 21.8. The summed E-state index contributed by atoms with van der Waals surface area (Å²) in [6.45, 7) is 14.3. The average molecular weight is 1220 g/mol. The number of hydrogen-bond donors (Lipinski definition) is 14. The third-order valence-electron chi connectivity index (χ3n) is 15.4. The van der Waals surface area contributed by atoms with E-state index in [0.717, 1.165) is 5.56 Å². The summed E-state index contributed by atoms with van der Waals surface area (Å²) in [5.74, 6) is -12.4. The van der Waals surface area contributed by atoms with Crippen LogP contribution in [0.5, 0.6) is 0 Å². The van der Waals surface area contributed by atoms with Crippen LogP contribution in [0.2, 0.25) is 0 Å². The van der Waals surface area contributed by atoms with Gasteiger partial charge in [0.1, 0.15) is 66.5 Å². The highest BCUT2D eigenvalue weighted by Gasteiger charge is 2.41. The molecule has 0 aliphatic carbocycles. The summed E-state index contributed by atoms with van der Waals surface area (Å²) < 4.78 is 5.70. The molecule has 85 heavy (non-hydrogen) atoms. The monoisotopic (exact) mass is 1220 g/mol. The highest BCUT2D eigenvalue weighted by molar-refractivity contribution is 7.98. The van der Waals surface area contributed by atoms with Gasteiger partial charge in [0.25, 0.3) is 0 Å². The summed E-state index contributed by atoms with van der Waals surface area (Å²) >= 11 is 1.43. The molecule has 1 aromatic rings. The number of carbonyl (C=O) groups is 12. The van der Waals surface area contributed by atoms with Gasteiger partial charge in [-0.3, -0.25) is 52.7 Å². The van der Waals surface area contributed by atoms with Crippen molar-refractivity contribution in [3.05, 3.63) is 35.9 Å². The molecule has 15 N–H and O–H groups in total. The summed E-state index contributed by atoms with van der Waals surface area (Å²) in [5.41, 5.74) is 6.31. The Balaban J connectivity index is 2.40. The highest BCUT2D eigenvalue weighted by Crippen LogP contribution is 2.17. The Morgan fingerprint density at radius 3 is 1.55 bits per heavy atom. The molecule has 1 fully saturated rings. The summed E-state index contributed by atoms with van der Waals surface area (Å²) in [5, 5.41) is 49.4. The van der Waals surface area contributed by atoms with Gasteiger partial charge in [0.2, 0.25) is 65.0 Å². The van der Waals surface area contributed by atoms with Crippen molar-refractivity contribution in [2.45, 2.75) is 193 Å². The van der Waals surface area contributed by atoms with Gasteiger partial charge in [0.05, 0.1) is 19.3 Å². The molecule has 27 nitrogen and oxygen atoms in total. The number of primary amides is 1. The molecular formula is C57H94N12O15S. The number of esters is 1. The van der Waals surface area contributed by atoms with Crippen LogP contribution in [-0.4, -0.2) is 186 Å². The summed E-state index contributed by atoms with van der Waals surface area (Å²) in [6, 6.07) is -5.98. The maximum Gasteiger partial charge on any atom is 0.329 e. The lowest BCUT2D eigenvalue weighted by molar-refractivity contribution is -0.157. The third-order valence-corrected chi connectivity index (χ3v) is 16.0. The van der Waals surface area contributed by atoms with Crippen molar-refractivity contribution in [2.24, 2.45) is 29.4 Å². The molecule has 0 bridgehead atoms. The SMILES string of the molecule is CC[C@@H](C)[C@@H](NC(=O)[C@@H](CCC(N)=O)NC(=O)[C@H](CO)NC(=O)[C@@H](NC(=O)[C@@H](Cc1ccccc1)NC)[C@@H](C)CC)C(=O)N[C@H](C(=O)N[C@@H](CO)C(=O)N[C@H]1C(=O)N[C@@H](C)C(=O)N[C@@H](CCSC)C(=O)N[C@@H]([C@@H](C)CC)C(=O)O[C@H]1C)[C@@H](C)CC. The van der Waals surface area contributed by atoms with Crippen molar-refractivity contribution in [1.82, 2.24) is 58.5 Å². The molecule has 1 heterocycles. The number of carbonyl (C=O) groups excluding carboxylic acids is 12. The highest BCUT2D eigenvalue weighted by atomic mass is 32.2. The number of amides is 11. The Bertz CT molecular complexity index is 2430. The number of cyclic esters (lactones) is 1. The molecule has 1 saturated heterocycles. The second kappa shape index (κ2) is 37.5. The Labute approximate surface area is 502 Å². The van der Waals surface area contributed by atoms with Gasteiger partial charge in [-0.15, -0.1) is 0 Å². The molecule has 28 heteroatoms. The smallest absolute Gasteiger partial charge is 0.329 e. The standard InChI is InChI=1S/C57H94N12O15S/c1-13-29(5)42(66-50(76)38(59-11)26-35-20-18-17-19-21-35)53(79)63-39(27-70)51(77)62-36(22-23-41(58)72)48(74)65-44(31(7)15-3)55(81)67-43(30(6)14-2)54(80)64-40(28-71)52(78)69-46-34(10)84-57(83)45(32(8)16-4)68-49(75)37(24-25-85-12)61-47(73)33(9)60-56(46)82/h17-21,29-34,36-40,42-46,59,70-71H,13-16,22-28H2,1-12H3,(H2,58,72)(H,60,82)(H,61,73)(H,62,77)(H,63,79)(H,64,80)(H,65,74)(H,66,76)(H,67,81)(H,68,75)(H,69,78)/t29-,30-,31+,32-,33-,34-,36+,37-,38+,39-,40-,42-,43-,44+,45-,46+/m0/s1. The number of hydrogen-bond acceptors (Lipinski definition) is 17. The van der Waals surface area contributed by atoms with Crippen molar-refractivity contribution in [2.75, 3.05) is 32.3 Å². The average Bonchev–Trinajstić information content (AvgIpc) is 3.68. The van der Waals surface area contributed by atoms with E-state index >= 15 is 0 Å². The van der Waals surface area contributed by atoms with Crippen LogP contribution in [-0.2, 0) is 68.7 Å². The maximum atomic E-state index is 14.4. The van der Waals surface area contributed by atoms with Crippen molar-refractivity contribution < 1.29 is 72.5 Å². The third kappa shape index (κ3) is 23.5. The molecule has 16 atom stereocenters. The Morgan fingerprint density at radius 1 is 0.612 bits per heavy atom. The zero-order chi connectivity index (χ0) is 64.2. The van der Waals surface area contributed by atoms with Gasteiger partial charge in [0, 0.05) is 6.42 Å². The second-order valence-corrected chi connectivity index (χ2v) is 22.8. The number of thioether (sulfide) groups is 1. The molecule has 1 aromatic carbocycles. The van der Waals surface area contributed by atoms with E-state index in [0.29, 0.717) is 25.0 Å². The van der Waals surface area contributed by atoms with Gasteiger partial charge in [-0.2, -0.15) is 11.8 Å². The number of rotatable bonds is 33. The van der Waals surface area contributed by atoms with E-state index in [2.05, 4.69) is 58.5 Å². The fourth-order valence-electron chi connectivity index (χ4n) is 8.84. The van der Waals surface area contributed by atoms with Crippen LogP contribution in [0.1, 0.15) is 120 Å². The number of aliphatic hydroxyl groups excluding tert-OH is 2. The van der Waals surface area contributed by atoms with E-state index in [9.17, 15) is 67.7 Å². The first-order valence-electron chi connectivity index (χ1n) is 29.1. The number of nitrogens with two attached hydrogens (primary N) is 1. The van der Waals surface area contributed by atoms with Crippen LogP contribution in [0.3, 0.4) is 0 Å².